The SMILES string of the molecule is Cc1cc(/C=N\Nc2c(F)c(F)nc(F)c2F)c(C)n1C[C@@H]1CCCO1. The molecule has 0 amide bonds. The average molecular weight is 370 g/mol. The van der Waals surface area contributed by atoms with Gasteiger partial charge in [0, 0.05) is 30.1 Å². The largest absolute Gasteiger partial charge is 0.376 e. The maximum atomic E-state index is 13.5. The van der Waals surface area contributed by atoms with Gasteiger partial charge in [-0.1, -0.05) is 0 Å². The number of aromatic nitrogens is 2. The summed E-state index contributed by atoms with van der Waals surface area (Å²) in [6, 6.07) is 1.86. The summed E-state index contributed by atoms with van der Waals surface area (Å²) in [4.78, 5) is 2.49. The number of nitrogens with one attached hydrogen (secondary N) is 1. The van der Waals surface area contributed by atoms with Crippen LogP contribution in [-0.4, -0.2) is 28.5 Å². The molecule has 0 saturated carbocycles. The van der Waals surface area contributed by atoms with Gasteiger partial charge in [0.15, 0.2) is 0 Å². The van der Waals surface area contributed by atoms with E-state index in [2.05, 4.69) is 14.7 Å². The minimum absolute atomic E-state index is 0.161. The monoisotopic (exact) mass is 370 g/mol. The predicted octanol–water partition coefficient (Wildman–Crippen LogP) is 3.68. The molecule has 0 aromatic carbocycles. The number of pyridine rings is 1. The van der Waals surface area contributed by atoms with E-state index in [9.17, 15) is 17.6 Å². The van der Waals surface area contributed by atoms with Crippen LogP contribution in [0.5, 0.6) is 0 Å². The molecule has 0 aliphatic carbocycles. The fourth-order valence-corrected chi connectivity index (χ4v) is 2.98. The van der Waals surface area contributed by atoms with Crippen LogP contribution in [0.1, 0.15) is 29.8 Å². The molecule has 0 spiro atoms. The Bertz CT molecular complexity index is 818. The minimum atomic E-state index is -1.74. The van der Waals surface area contributed by atoms with Crippen LogP contribution in [0.3, 0.4) is 0 Å². The van der Waals surface area contributed by atoms with Crippen molar-refractivity contribution in [1.29, 1.82) is 0 Å². The molecule has 1 saturated heterocycles. The van der Waals surface area contributed by atoms with E-state index in [0.717, 1.165) is 30.8 Å². The van der Waals surface area contributed by atoms with Crippen LogP contribution in [0.25, 0.3) is 0 Å². The molecule has 1 aliphatic rings. The first-order chi connectivity index (χ1) is 12.4. The summed E-state index contributed by atoms with van der Waals surface area (Å²) in [6.07, 6.45) is 3.54. The van der Waals surface area contributed by atoms with Gasteiger partial charge in [0.05, 0.1) is 12.3 Å². The van der Waals surface area contributed by atoms with Gasteiger partial charge in [-0.2, -0.15) is 27.6 Å². The normalized spacial score (nSPS) is 17.4. The second kappa shape index (κ2) is 7.45. The van der Waals surface area contributed by atoms with Crippen molar-refractivity contribution in [1.82, 2.24) is 9.55 Å². The van der Waals surface area contributed by atoms with Crippen molar-refractivity contribution >= 4 is 11.9 Å². The number of hydrogen-bond acceptors (Lipinski definition) is 4. The zero-order valence-electron chi connectivity index (χ0n) is 14.3. The van der Waals surface area contributed by atoms with Gasteiger partial charge >= 0.3 is 0 Å². The van der Waals surface area contributed by atoms with E-state index in [1.807, 2.05) is 25.3 Å². The fourth-order valence-electron chi connectivity index (χ4n) is 2.98. The second-order valence-corrected chi connectivity index (χ2v) is 6.14. The summed E-state index contributed by atoms with van der Waals surface area (Å²) in [5.74, 6) is -6.75. The zero-order valence-corrected chi connectivity index (χ0v) is 14.3. The van der Waals surface area contributed by atoms with Crippen LogP contribution in [0.15, 0.2) is 11.2 Å². The van der Waals surface area contributed by atoms with Crippen molar-refractivity contribution in [3.05, 3.63) is 46.5 Å². The molecular formula is C17H18F4N4O. The van der Waals surface area contributed by atoms with Gasteiger partial charge < -0.3 is 9.30 Å². The first kappa shape index (κ1) is 18.4. The Morgan fingerprint density at radius 2 is 1.96 bits per heavy atom. The summed E-state index contributed by atoms with van der Waals surface area (Å²) in [5.41, 5.74) is 3.57. The molecule has 9 heteroatoms. The molecule has 2 aromatic heterocycles. The third-order valence-corrected chi connectivity index (χ3v) is 4.40. The highest BCUT2D eigenvalue weighted by molar-refractivity contribution is 5.82. The Kier molecular flexibility index (Phi) is 5.26. The van der Waals surface area contributed by atoms with E-state index in [1.54, 1.807) is 0 Å². The lowest BCUT2D eigenvalue weighted by Crippen LogP contribution is -2.16. The number of rotatable bonds is 5. The first-order valence-corrected chi connectivity index (χ1v) is 8.16. The molecule has 1 aliphatic heterocycles. The van der Waals surface area contributed by atoms with Crippen molar-refractivity contribution in [2.45, 2.75) is 39.3 Å². The van der Waals surface area contributed by atoms with Gasteiger partial charge in [-0.05, 0) is 32.8 Å². The maximum Gasteiger partial charge on any atom is 0.254 e. The number of ether oxygens (including phenoxy) is 1. The van der Waals surface area contributed by atoms with Crippen molar-refractivity contribution in [2.75, 3.05) is 12.0 Å². The molecule has 0 unspecified atom stereocenters. The molecular weight excluding hydrogens is 352 g/mol. The third-order valence-electron chi connectivity index (χ3n) is 4.40. The summed E-state index contributed by atoms with van der Waals surface area (Å²) >= 11 is 0. The molecule has 3 rings (SSSR count). The van der Waals surface area contributed by atoms with Crippen LogP contribution < -0.4 is 5.43 Å². The highest BCUT2D eigenvalue weighted by Crippen LogP contribution is 2.22. The smallest absolute Gasteiger partial charge is 0.254 e. The van der Waals surface area contributed by atoms with Crippen molar-refractivity contribution in [2.24, 2.45) is 5.10 Å². The van der Waals surface area contributed by atoms with Gasteiger partial charge in [-0.3, -0.25) is 5.43 Å². The summed E-state index contributed by atoms with van der Waals surface area (Å²) in [6.45, 7) is 5.29. The van der Waals surface area contributed by atoms with Crippen LogP contribution >= 0.6 is 0 Å². The summed E-state index contributed by atoms with van der Waals surface area (Å²) in [7, 11) is 0. The van der Waals surface area contributed by atoms with E-state index in [4.69, 9.17) is 4.74 Å². The standard InChI is InChI=1S/C17H18F4N4O/c1-9-6-11(10(2)25(9)8-12-4-3-5-26-12)7-22-24-15-13(18)16(20)23-17(21)14(15)19/h6-7,12H,3-5,8H2,1-2H3,(H,23,24)/b22-7-/t12-/m0/s1. The van der Waals surface area contributed by atoms with Crippen LogP contribution in [-0.2, 0) is 11.3 Å². The van der Waals surface area contributed by atoms with E-state index >= 15 is 0 Å². The minimum Gasteiger partial charge on any atom is -0.376 e. The van der Waals surface area contributed by atoms with Crippen LogP contribution in [0, 0.1) is 37.4 Å². The Morgan fingerprint density at radius 1 is 1.27 bits per heavy atom. The number of halogens is 4. The van der Waals surface area contributed by atoms with Crippen molar-refractivity contribution in [3.8, 4) is 0 Å². The van der Waals surface area contributed by atoms with E-state index in [0.29, 0.717) is 12.1 Å². The topological polar surface area (TPSA) is 51.4 Å². The molecule has 5 nitrogen and oxygen atoms in total. The van der Waals surface area contributed by atoms with Crippen molar-refractivity contribution < 1.29 is 22.3 Å². The molecule has 1 N–H and O–H groups in total. The number of nitrogens with zero attached hydrogens (tertiary/aromatic N) is 3. The zero-order chi connectivity index (χ0) is 18.8. The lowest BCUT2D eigenvalue weighted by Gasteiger charge is -2.14. The van der Waals surface area contributed by atoms with Gasteiger partial charge in [0.25, 0.3) is 11.9 Å². The van der Waals surface area contributed by atoms with Crippen LogP contribution in [0.2, 0.25) is 0 Å². The molecule has 3 heterocycles. The lowest BCUT2D eigenvalue weighted by molar-refractivity contribution is 0.0962. The summed E-state index contributed by atoms with van der Waals surface area (Å²) in [5, 5.41) is 3.70. The maximum absolute atomic E-state index is 13.5. The Balaban J connectivity index is 1.77. The predicted molar refractivity (Wildman–Crippen MR) is 88.2 cm³/mol. The third kappa shape index (κ3) is 3.57. The number of aryl methyl sites for hydroxylation is 1. The Labute approximate surface area is 147 Å². The van der Waals surface area contributed by atoms with Gasteiger partial charge in [-0.25, -0.2) is 0 Å². The average Bonchev–Trinajstić information content (AvgIpc) is 3.20. The van der Waals surface area contributed by atoms with E-state index in [-0.39, 0.29) is 6.10 Å². The molecule has 0 radical (unpaired) electrons. The summed E-state index contributed by atoms with van der Waals surface area (Å²) < 4.78 is 61.0. The molecule has 26 heavy (non-hydrogen) atoms. The first-order valence-electron chi connectivity index (χ1n) is 8.16. The Morgan fingerprint density at radius 3 is 2.58 bits per heavy atom. The highest BCUT2D eigenvalue weighted by Gasteiger charge is 2.21. The Hall–Kier alpha value is -2.42. The highest BCUT2D eigenvalue weighted by atomic mass is 19.2. The van der Waals surface area contributed by atoms with E-state index < -0.39 is 29.2 Å². The lowest BCUT2D eigenvalue weighted by atomic mass is 10.2. The molecule has 1 fully saturated rings. The van der Waals surface area contributed by atoms with Gasteiger partial charge in [-0.15, -0.1) is 0 Å². The number of anilines is 1. The van der Waals surface area contributed by atoms with Crippen LogP contribution in [0.4, 0.5) is 23.2 Å². The fraction of sp³-hybridized carbons (Fsp3) is 0.412. The quantitative estimate of drug-likeness (QED) is 0.378. The number of hydrazone groups is 1. The van der Waals surface area contributed by atoms with Crippen molar-refractivity contribution in [3.63, 3.8) is 0 Å². The molecule has 2 aromatic rings. The second-order valence-electron chi connectivity index (χ2n) is 6.14. The molecule has 1 atom stereocenters. The van der Waals surface area contributed by atoms with Gasteiger partial charge in [0.2, 0.25) is 11.6 Å². The van der Waals surface area contributed by atoms with Gasteiger partial charge in [0.1, 0.15) is 5.69 Å². The molecule has 0 bridgehead atoms. The van der Waals surface area contributed by atoms with E-state index in [1.165, 1.54) is 6.21 Å². The molecule has 140 valence electrons. The number of hydrogen-bond donors (Lipinski definition) is 1.